The zero-order valence-corrected chi connectivity index (χ0v) is 16.9. The lowest BCUT2D eigenvalue weighted by Gasteiger charge is -2.11. The number of anilines is 1. The molecule has 160 valence electrons. The van der Waals surface area contributed by atoms with Gasteiger partial charge in [0.2, 0.25) is 11.8 Å². The highest BCUT2D eigenvalue weighted by Crippen LogP contribution is 2.23. The fourth-order valence-electron chi connectivity index (χ4n) is 3.56. The maximum absolute atomic E-state index is 8.78. The van der Waals surface area contributed by atoms with E-state index in [0.29, 0.717) is 29.0 Å². The first kappa shape index (κ1) is 20.3. The van der Waals surface area contributed by atoms with E-state index >= 15 is 0 Å². The second kappa shape index (κ2) is 8.78. The number of nitrogens with zero attached hydrogens (tertiary/aromatic N) is 6. The Bertz CT molecular complexity index is 1220. The number of benzene rings is 1. The van der Waals surface area contributed by atoms with Gasteiger partial charge in [0.05, 0.1) is 24.5 Å². The highest BCUT2D eigenvalue weighted by Gasteiger charge is 2.17. The Labute approximate surface area is 177 Å². The summed E-state index contributed by atoms with van der Waals surface area (Å²) < 4.78 is 6.92. The van der Waals surface area contributed by atoms with Crippen LogP contribution in [0.15, 0.2) is 36.5 Å². The molecule has 0 unspecified atom stereocenters. The lowest BCUT2D eigenvalue weighted by Crippen LogP contribution is -2.16. The molecule has 0 atom stereocenters. The molecule has 0 bridgehead atoms. The molecule has 11 heteroatoms. The van der Waals surface area contributed by atoms with Crippen LogP contribution >= 0.6 is 0 Å². The molecule has 1 aromatic carbocycles. The van der Waals surface area contributed by atoms with Crippen molar-refractivity contribution in [1.29, 1.82) is 0 Å². The first-order chi connectivity index (χ1) is 15.0. The second-order valence-electron chi connectivity index (χ2n) is 7.10. The predicted molar refractivity (Wildman–Crippen MR) is 114 cm³/mol. The third-order valence-electron chi connectivity index (χ3n) is 4.98. The summed E-state index contributed by atoms with van der Waals surface area (Å²) in [7, 11) is 1.61. The van der Waals surface area contributed by atoms with Crippen LogP contribution in [0, 0.1) is 0 Å². The van der Waals surface area contributed by atoms with E-state index in [1.54, 1.807) is 18.0 Å². The number of primary amides is 1. The molecule has 4 aromatic rings. The standard InChI is InChI=1S/C19H19N7O.CH3NO2/c1-27-17-9-6-12-10-14(7-8-15(12)22-17)26-18-16(24-25-26)11-20-19(23-18)21-13-4-2-3-5-13;2-1(3)4/h6-11,13H,2-5H2,1H3,(H,20,21,23);2H2,(H,3,4). The number of nitrogens with two attached hydrogens (primary N) is 1. The summed E-state index contributed by atoms with van der Waals surface area (Å²) in [6, 6.07) is 10.2. The van der Waals surface area contributed by atoms with Crippen molar-refractivity contribution >= 4 is 34.1 Å². The van der Waals surface area contributed by atoms with Gasteiger partial charge in [0.15, 0.2) is 11.2 Å². The Morgan fingerprint density at radius 2 is 1.97 bits per heavy atom. The SMILES string of the molecule is COc1ccc2cc(-n3nnc4cnc(NC5CCCC5)nc43)ccc2n1.NC(=O)O. The van der Waals surface area contributed by atoms with Gasteiger partial charge in [-0.2, -0.15) is 9.67 Å². The van der Waals surface area contributed by atoms with Crippen LogP contribution in [0.4, 0.5) is 10.7 Å². The maximum Gasteiger partial charge on any atom is 0.402 e. The number of amides is 1. The monoisotopic (exact) mass is 422 g/mol. The fourth-order valence-corrected chi connectivity index (χ4v) is 3.56. The number of nitrogens with one attached hydrogen (secondary N) is 1. The van der Waals surface area contributed by atoms with Crippen molar-refractivity contribution in [1.82, 2.24) is 29.9 Å². The van der Waals surface area contributed by atoms with Gasteiger partial charge in [0.25, 0.3) is 0 Å². The topological polar surface area (TPSA) is 154 Å². The predicted octanol–water partition coefficient (Wildman–Crippen LogP) is 2.74. The van der Waals surface area contributed by atoms with Crippen molar-refractivity contribution < 1.29 is 14.6 Å². The number of fused-ring (bicyclic) bond motifs is 2. The zero-order chi connectivity index (χ0) is 21.8. The average Bonchev–Trinajstić information content (AvgIpc) is 3.42. The molecular weight excluding hydrogens is 400 g/mol. The Hall–Kier alpha value is -4.02. The van der Waals surface area contributed by atoms with Crippen LogP contribution < -0.4 is 15.8 Å². The van der Waals surface area contributed by atoms with E-state index in [0.717, 1.165) is 16.6 Å². The van der Waals surface area contributed by atoms with Crippen molar-refractivity contribution in [3.05, 3.63) is 36.5 Å². The number of carboxylic acid groups (broad SMARTS) is 1. The van der Waals surface area contributed by atoms with Gasteiger partial charge < -0.3 is 20.9 Å². The van der Waals surface area contributed by atoms with Crippen LogP contribution in [0.25, 0.3) is 27.8 Å². The highest BCUT2D eigenvalue weighted by molar-refractivity contribution is 5.82. The van der Waals surface area contributed by atoms with Gasteiger partial charge in [-0.15, -0.1) is 5.10 Å². The third kappa shape index (κ3) is 4.60. The molecule has 1 aliphatic carbocycles. The normalized spacial score (nSPS) is 13.7. The van der Waals surface area contributed by atoms with Crippen LogP contribution in [-0.4, -0.2) is 54.3 Å². The van der Waals surface area contributed by atoms with Crippen molar-refractivity contribution in [2.24, 2.45) is 5.73 Å². The average molecular weight is 422 g/mol. The number of aromatic nitrogens is 6. The molecule has 0 aliphatic heterocycles. The summed E-state index contributed by atoms with van der Waals surface area (Å²) in [5.41, 5.74) is 7.12. The van der Waals surface area contributed by atoms with Crippen LogP contribution in [0.5, 0.6) is 5.88 Å². The summed E-state index contributed by atoms with van der Waals surface area (Å²) in [5, 5.41) is 20.1. The summed E-state index contributed by atoms with van der Waals surface area (Å²) in [6.07, 6.45) is 5.24. The molecule has 1 amide bonds. The van der Waals surface area contributed by atoms with Crippen molar-refractivity contribution in [2.75, 3.05) is 12.4 Å². The minimum absolute atomic E-state index is 0.452. The van der Waals surface area contributed by atoms with Gasteiger partial charge in [0, 0.05) is 17.5 Å². The number of ether oxygens (including phenoxy) is 1. The van der Waals surface area contributed by atoms with Gasteiger partial charge in [-0.1, -0.05) is 18.1 Å². The molecule has 11 nitrogen and oxygen atoms in total. The number of methoxy groups -OCH3 is 1. The summed E-state index contributed by atoms with van der Waals surface area (Å²) in [6.45, 7) is 0. The highest BCUT2D eigenvalue weighted by atomic mass is 16.5. The lowest BCUT2D eigenvalue weighted by molar-refractivity contribution is 0.205. The van der Waals surface area contributed by atoms with Crippen molar-refractivity contribution in [3.63, 3.8) is 0 Å². The van der Waals surface area contributed by atoms with Gasteiger partial charge >= 0.3 is 6.09 Å². The van der Waals surface area contributed by atoms with Crippen LogP contribution in [0.3, 0.4) is 0 Å². The van der Waals surface area contributed by atoms with Crippen molar-refractivity contribution in [3.8, 4) is 11.6 Å². The number of carbonyl (C=O) groups is 1. The van der Waals surface area contributed by atoms with Gasteiger partial charge in [0.1, 0.15) is 0 Å². The molecule has 1 saturated carbocycles. The molecule has 0 radical (unpaired) electrons. The number of hydrogen-bond acceptors (Lipinski definition) is 8. The summed E-state index contributed by atoms with van der Waals surface area (Å²) in [4.78, 5) is 22.3. The molecule has 0 spiro atoms. The lowest BCUT2D eigenvalue weighted by atomic mass is 10.2. The first-order valence-corrected chi connectivity index (χ1v) is 9.82. The van der Waals surface area contributed by atoms with Gasteiger partial charge in [-0.3, -0.25) is 0 Å². The third-order valence-corrected chi connectivity index (χ3v) is 4.98. The smallest absolute Gasteiger partial charge is 0.402 e. The largest absolute Gasteiger partial charge is 0.481 e. The summed E-state index contributed by atoms with van der Waals surface area (Å²) in [5.74, 6) is 1.22. The van der Waals surface area contributed by atoms with E-state index < -0.39 is 6.09 Å². The van der Waals surface area contributed by atoms with Crippen LogP contribution in [-0.2, 0) is 0 Å². The Morgan fingerprint density at radius 3 is 2.71 bits per heavy atom. The van der Waals surface area contributed by atoms with E-state index in [9.17, 15) is 0 Å². The van der Waals surface area contributed by atoms with Crippen LogP contribution in [0.2, 0.25) is 0 Å². The number of pyridine rings is 1. The number of rotatable bonds is 4. The van der Waals surface area contributed by atoms with Crippen LogP contribution in [0.1, 0.15) is 25.7 Å². The first-order valence-electron chi connectivity index (χ1n) is 9.82. The van der Waals surface area contributed by atoms with Gasteiger partial charge in [-0.05, 0) is 37.1 Å². The van der Waals surface area contributed by atoms with Crippen molar-refractivity contribution in [2.45, 2.75) is 31.7 Å². The molecule has 5 rings (SSSR count). The summed E-state index contributed by atoms with van der Waals surface area (Å²) >= 11 is 0. The van der Waals surface area contributed by atoms with E-state index in [4.69, 9.17) is 14.6 Å². The Balaban J connectivity index is 0.000000535. The molecule has 31 heavy (non-hydrogen) atoms. The molecule has 1 fully saturated rings. The molecular formula is C20H22N8O3. The number of hydrogen-bond donors (Lipinski definition) is 3. The molecule has 1 aliphatic rings. The molecule has 3 heterocycles. The molecule has 4 N–H and O–H groups in total. The quantitative estimate of drug-likeness (QED) is 0.450. The Kier molecular flexibility index (Phi) is 5.74. The van der Waals surface area contributed by atoms with E-state index in [-0.39, 0.29) is 0 Å². The van der Waals surface area contributed by atoms with E-state index in [1.165, 1.54) is 25.7 Å². The second-order valence-corrected chi connectivity index (χ2v) is 7.10. The van der Waals surface area contributed by atoms with Gasteiger partial charge in [-0.25, -0.2) is 14.8 Å². The molecule has 3 aromatic heterocycles. The minimum atomic E-state index is -1.33. The minimum Gasteiger partial charge on any atom is -0.481 e. The molecule has 0 saturated heterocycles. The van der Waals surface area contributed by atoms with E-state index in [2.05, 4.69) is 36.3 Å². The zero-order valence-electron chi connectivity index (χ0n) is 16.9. The Morgan fingerprint density at radius 1 is 1.19 bits per heavy atom. The maximum atomic E-state index is 8.78. The fraction of sp³-hybridized carbons (Fsp3) is 0.300. The van der Waals surface area contributed by atoms with E-state index in [1.807, 2.05) is 30.3 Å².